The highest BCUT2D eigenvalue weighted by molar-refractivity contribution is 5.39. The Kier molecular flexibility index (Phi) is 4.30. The zero-order chi connectivity index (χ0) is 13.9. The van der Waals surface area contributed by atoms with Gasteiger partial charge in [-0.2, -0.15) is 4.98 Å². The standard InChI is InChI=1S/C15H25N3O/c1-15(2,3)17-13-6-5-7-14(16-13)19-12-8-10-18(4)11-9-12/h5-7,12H,8-11H2,1-4H3,(H,16,17). The van der Waals surface area contributed by atoms with Crippen molar-refractivity contribution in [3.63, 3.8) is 0 Å². The summed E-state index contributed by atoms with van der Waals surface area (Å²) in [5.74, 6) is 1.60. The van der Waals surface area contributed by atoms with Gasteiger partial charge in [-0.1, -0.05) is 6.07 Å². The molecule has 0 aliphatic carbocycles. The van der Waals surface area contributed by atoms with Gasteiger partial charge in [0.25, 0.3) is 0 Å². The van der Waals surface area contributed by atoms with Crippen LogP contribution in [0.1, 0.15) is 33.6 Å². The Hall–Kier alpha value is -1.29. The van der Waals surface area contributed by atoms with Gasteiger partial charge in [0, 0.05) is 24.7 Å². The molecule has 1 fully saturated rings. The normalized spacial score (nSPS) is 18.3. The van der Waals surface area contributed by atoms with Crippen molar-refractivity contribution in [3.05, 3.63) is 18.2 Å². The zero-order valence-corrected chi connectivity index (χ0v) is 12.4. The number of likely N-dealkylation sites (tertiary alicyclic amines) is 1. The third-order valence-corrected chi connectivity index (χ3v) is 3.18. The Morgan fingerprint density at radius 2 is 1.95 bits per heavy atom. The minimum atomic E-state index is 0.0131. The fourth-order valence-corrected chi connectivity index (χ4v) is 2.21. The van der Waals surface area contributed by atoms with Crippen molar-refractivity contribution in [1.29, 1.82) is 0 Å². The van der Waals surface area contributed by atoms with E-state index in [0.29, 0.717) is 6.10 Å². The molecule has 1 aromatic heterocycles. The second-order valence-electron chi connectivity index (χ2n) is 6.36. The van der Waals surface area contributed by atoms with Crippen molar-refractivity contribution < 1.29 is 4.74 Å². The van der Waals surface area contributed by atoms with Gasteiger partial charge < -0.3 is 15.0 Å². The highest BCUT2D eigenvalue weighted by atomic mass is 16.5. The van der Waals surface area contributed by atoms with Gasteiger partial charge in [0.05, 0.1) is 0 Å². The molecule has 0 atom stereocenters. The lowest BCUT2D eigenvalue weighted by atomic mass is 10.1. The van der Waals surface area contributed by atoms with Crippen LogP contribution >= 0.6 is 0 Å². The fraction of sp³-hybridized carbons (Fsp3) is 0.667. The van der Waals surface area contributed by atoms with Crippen molar-refractivity contribution in [1.82, 2.24) is 9.88 Å². The van der Waals surface area contributed by atoms with Crippen molar-refractivity contribution >= 4 is 5.82 Å². The van der Waals surface area contributed by atoms with Gasteiger partial charge in [-0.05, 0) is 46.7 Å². The van der Waals surface area contributed by atoms with E-state index in [2.05, 4.69) is 43.0 Å². The van der Waals surface area contributed by atoms with E-state index >= 15 is 0 Å². The highest BCUT2D eigenvalue weighted by Gasteiger charge is 2.18. The molecule has 0 saturated carbocycles. The monoisotopic (exact) mass is 263 g/mol. The van der Waals surface area contributed by atoms with Crippen LogP contribution in [0.15, 0.2) is 18.2 Å². The van der Waals surface area contributed by atoms with E-state index in [4.69, 9.17) is 4.74 Å². The minimum absolute atomic E-state index is 0.0131. The molecule has 0 amide bonds. The summed E-state index contributed by atoms with van der Waals surface area (Å²) in [4.78, 5) is 6.86. The lowest BCUT2D eigenvalue weighted by Gasteiger charge is -2.29. The summed E-state index contributed by atoms with van der Waals surface area (Å²) in [7, 11) is 2.16. The first-order valence-electron chi connectivity index (χ1n) is 7.03. The largest absolute Gasteiger partial charge is 0.474 e. The van der Waals surface area contributed by atoms with Crippen LogP contribution in [0.3, 0.4) is 0 Å². The molecule has 1 aromatic rings. The number of aromatic nitrogens is 1. The van der Waals surface area contributed by atoms with E-state index in [0.717, 1.165) is 37.6 Å². The summed E-state index contributed by atoms with van der Waals surface area (Å²) in [6.07, 6.45) is 2.46. The van der Waals surface area contributed by atoms with Crippen LogP contribution in [0.25, 0.3) is 0 Å². The van der Waals surface area contributed by atoms with Gasteiger partial charge >= 0.3 is 0 Å². The first-order valence-corrected chi connectivity index (χ1v) is 7.03. The van der Waals surface area contributed by atoms with Crippen LogP contribution in [0.2, 0.25) is 0 Å². The molecular weight excluding hydrogens is 238 g/mol. The third kappa shape index (κ3) is 4.71. The smallest absolute Gasteiger partial charge is 0.215 e. The molecule has 1 aliphatic heterocycles. The number of anilines is 1. The van der Waals surface area contributed by atoms with Crippen molar-refractivity contribution in [2.24, 2.45) is 0 Å². The van der Waals surface area contributed by atoms with E-state index in [9.17, 15) is 0 Å². The molecule has 4 nitrogen and oxygen atoms in total. The molecule has 2 heterocycles. The van der Waals surface area contributed by atoms with Gasteiger partial charge in [-0.25, -0.2) is 0 Å². The van der Waals surface area contributed by atoms with Gasteiger partial charge in [0.15, 0.2) is 0 Å². The Morgan fingerprint density at radius 3 is 2.58 bits per heavy atom. The third-order valence-electron chi connectivity index (χ3n) is 3.18. The van der Waals surface area contributed by atoms with E-state index in [1.807, 2.05) is 18.2 Å². The molecule has 0 unspecified atom stereocenters. The SMILES string of the molecule is CN1CCC(Oc2cccc(NC(C)(C)C)n2)CC1. The Morgan fingerprint density at radius 1 is 1.26 bits per heavy atom. The average molecular weight is 263 g/mol. The highest BCUT2D eigenvalue weighted by Crippen LogP contribution is 2.19. The molecule has 0 bridgehead atoms. The molecule has 2 rings (SSSR count). The molecule has 0 radical (unpaired) electrons. The zero-order valence-electron chi connectivity index (χ0n) is 12.4. The topological polar surface area (TPSA) is 37.4 Å². The lowest BCUT2D eigenvalue weighted by Crippen LogP contribution is -2.35. The Balaban J connectivity index is 1.95. The summed E-state index contributed by atoms with van der Waals surface area (Å²) in [6, 6.07) is 5.91. The van der Waals surface area contributed by atoms with Crippen molar-refractivity contribution in [2.75, 3.05) is 25.5 Å². The number of ether oxygens (including phenoxy) is 1. The van der Waals surface area contributed by atoms with Crippen LogP contribution in [-0.2, 0) is 0 Å². The Labute approximate surface area is 116 Å². The maximum atomic E-state index is 5.98. The molecular formula is C15H25N3O. The van der Waals surface area contributed by atoms with Gasteiger partial charge in [-0.3, -0.25) is 0 Å². The number of nitrogens with zero attached hydrogens (tertiary/aromatic N) is 2. The van der Waals surface area contributed by atoms with Crippen molar-refractivity contribution in [3.8, 4) is 5.88 Å². The lowest BCUT2D eigenvalue weighted by molar-refractivity contribution is 0.110. The second-order valence-corrected chi connectivity index (χ2v) is 6.36. The van der Waals surface area contributed by atoms with Gasteiger partial charge in [0.1, 0.15) is 11.9 Å². The number of hydrogen-bond acceptors (Lipinski definition) is 4. The summed E-state index contributed by atoms with van der Waals surface area (Å²) in [6.45, 7) is 8.58. The van der Waals surface area contributed by atoms with E-state index in [1.165, 1.54) is 0 Å². The van der Waals surface area contributed by atoms with Gasteiger partial charge in [-0.15, -0.1) is 0 Å². The van der Waals surface area contributed by atoms with Crippen LogP contribution in [-0.4, -0.2) is 41.7 Å². The quantitative estimate of drug-likeness (QED) is 0.910. The molecule has 0 aromatic carbocycles. The van der Waals surface area contributed by atoms with Crippen molar-refractivity contribution in [2.45, 2.75) is 45.3 Å². The molecule has 0 spiro atoms. The number of nitrogens with one attached hydrogen (secondary N) is 1. The number of piperidine rings is 1. The first kappa shape index (κ1) is 14.1. The second kappa shape index (κ2) is 5.78. The van der Waals surface area contributed by atoms with Gasteiger partial charge in [0.2, 0.25) is 5.88 Å². The van der Waals surface area contributed by atoms with E-state index in [1.54, 1.807) is 0 Å². The van der Waals surface area contributed by atoms with Crippen LogP contribution in [0.4, 0.5) is 5.82 Å². The molecule has 19 heavy (non-hydrogen) atoms. The maximum absolute atomic E-state index is 5.98. The first-order chi connectivity index (χ1) is 8.92. The van der Waals surface area contributed by atoms with Crippen LogP contribution < -0.4 is 10.1 Å². The summed E-state index contributed by atoms with van der Waals surface area (Å²) >= 11 is 0. The fourth-order valence-electron chi connectivity index (χ4n) is 2.21. The molecule has 1 N–H and O–H groups in total. The van der Waals surface area contributed by atoms with E-state index in [-0.39, 0.29) is 5.54 Å². The Bertz CT molecular complexity index is 406. The molecule has 106 valence electrons. The molecule has 1 aliphatic rings. The number of rotatable bonds is 3. The average Bonchev–Trinajstić information content (AvgIpc) is 2.30. The predicted molar refractivity (Wildman–Crippen MR) is 78.8 cm³/mol. The summed E-state index contributed by atoms with van der Waals surface area (Å²) in [5, 5.41) is 3.37. The summed E-state index contributed by atoms with van der Waals surface area (Å²) in [5.41, 5.74) is 0.0131. The minimum Gasteiger partial charge on any atom is -0.474 e. The number of pyridine rings is 1. The maximum Gasteiger partial charge on any atom is 0.215 e. The van der Waals surface area contributed by atoms with Crippen LogP contribution in [0.5, 0.6) is 5.88 Å². The van der Waals surface area contributed by atoms with E-state index < -0.39 is 0 Å². The molecule has 4 heteroatoms. The molecule has 1 saturated heterocycles. The van der Waals surface area contributed by atoms with Crippen LogP contribution in [0, 0.1) is 0 Å². The summed E-state index contributed by atoms with van der Waals surface area (Å²) < 4.78 is 5.98. The predicted octanol–water partition coefficient (Wildman–Crippen LogP) is 2.77. The number of hydrogen-bond donors (Lipinski definition) is 1.